The zero-order chi connectivity index (χ0) is 3.41. The van der Waals surface area contributed by atoms with Gasteiger partial charge in [0.2, 0.25) is 0 Å². The van der Waals surface area contributed by atoms with Gasteiger partial charge in [-0.2, -0.15) is 6.42 Å². The Morgan fingerprint density at radius 3 is 1.80 bits per heavy atom. The molecule has 0 aliphatic heterocycles. The molecule has 0 fully saturated rings. The van der Waals surface area contributed by atoms with Crippen molar-refractivity contribution in [2.45, 2.75) is 19.8 Å². The maximum Gasteiger partial charge on any atom is 1.00 e. The first-order chi connectivity index (χ1) is 1.91. The third-order valence-electron chi connectivity index (χ3n) is 0.354. The van der Waals surface area contributed by atoms with Crippen LogP contribution in [0.25, 0.3) is 0 Å². The maximum absolute atomic E-state index is 3.60. The predicted octanol–water partition coefficient (Wildman–Crippen LogP) is 1.62. The van der Waals surface area contributed by atoms with Crippen molar-refractivity contribution in [3.05, 3.63) is 6.92 Å². The van der Waals surface area contributed by atoms with Crippen molar-refractivity contribution in [1.29, 1.82) is 0 Å². The second-order valence-corrected chi connectivity index (χ2v) is 0.854. The van der Waals surface area contributed by atoms with Gasteiger partial charge in [0, 0.05) is 0 Å². The Hall–Kier alpha value is 0.636. The second kappa shape index (κ2) is 8.82. The Morgan fingerprint density at radius 1 is 1.60 bits per heavy atom. The molecule has 0 heterocycles. The zero-order valence-corrected chi connectivity index (χ0v) is 6.02. The third kappa shape index (κ3) is 12.0. The minimum Gasteiger partial charge on any atom is -0.343 e. The average molecular weight is 247 g/mol. The molecule has 0 saturated heterocycles. The smallest absolute Gasteiger partial charge is 0.343 e. The molecule has 33 valence electrons. The summed E-state index contributed by atoms with van der Waals surface area (Å²) in [7, 11) is 0. The van der Waals surface area contributed by atoms with Crippen LogP contribution < -0.4 is 0 Å². The quantitative estimate of drug-likeness (QED) is 0.618. The molecule has 0 aliphatic rings. The van der Waals surface area contributed by atoms with E-state index in [1.54, 1.807) is 0 Å². The van der Waals surface area contributed by atoms with Crippen LogP contribution in [0.15, 0.2) is 0 Å². The Balaban J connectivity index is 0. The van der Waals surface area contributed by atoms with Gasteiger partial charge in [-0.1, -0.05) is 13.3 Å². The predicted molar refractivity (Wildman–Crippen MR) is 20.3 cm³/mol. The topological polar surface area (TPSA) is 0 Å². The molecule has 5 heavy (non-hydrogen) atoms. The molecule has 0 bridgehead atoms. The molecule has 0 aromatic carbocycles. The SMILES string of the molecule is [CH2-]CCC.[Os+]. The van der Waals surface area contributed by atoms with E-state index in [1.807, 2.05) is 0 Å². The zero-order valence-electron chi connectivity index (χ0n) is 3.47. The molecule has 0 saturated carbocycles. The van der Waals surface area contributed by atoms with Crippen LogP contribution in [0.2, 0.25) is 0 Å². The Kier molecular flexibility index (Phi) is 16.2. The molecule has 1 radical (unpaired) electrons. The van der Waals surface area contributed by atoms with Gasteiger partial charge in [0.25, 0.3) is 0 Å². The van der Waals surface area contributed by atoms with Gasteiger partial charge in [-0.15, -0.1) is 0 Å². The summed E-state index contributed by atoms with van der Waals surface area (Å²) in [5.41, 5.74) is 0. The van der Waals surface area contributed by atoms with Gasteiger partial charge in [0.15, 0.2) is 0 Å². The van der Waals surface area contributed by atoms with E-state index < -0.39 is 0 Å². The Morgan fingerprint density at radius 2 is 1.80 bits per heavy atom. The van der Waals surface area contributed by atoms with Crippen molar-refractivity contribution in [2.24, 2.45) is 0 Å². The average Bonchev–Trinajstić information content (AvgIpc) is 1.37. The van der Waals surface area contributed by atoms with E-state index in [1.165, 1.54) is 6.42 Å². The van der Waals surface area contributed by atoms with Crippen LogP contribution in [-0.2, 0) is 19.8 Å². The summed E-state index contributed by atoms with van der Waals surface area (Å²) in [4.78, 5) is 0. The van der Waals surface area contributed by atoms with Crippen LogP contribution >= 0.6 is 0 Å². The molecule has 1 heteroatoms. The van der Waals surface area contributed by atoms with Crippen LogP contribution in [0.4, 0.5) is 0 Å². The van der Waals surface area contributed by atoms with E-state index in [-0.39, 0.29) is 19.8 Å². The number of hydrogen-bond acceptors (Lipinski definition) is 0. The van der Waals surface area contributed by atoms with Gasteiger partial charge in [-0.25, -0.2) is 0 Å². The first-order valence-corrected chi connectivity index (χ1v) is 1.71. The van der Waals surface area contributed by atoms with Crippen LogP contribution in [0, 0.1) is 6.92 Å². The van der Waals surface area contributed by atoms with Gasteiger partial charge < -0.3 is 6.92 Å². The summed E-state index contributed by atoms with van der Waals surface area (Å²) in [6.07, 6.45) is 2.28. The number of hydrogen-bond donors (Lipinski definition) is 0. The summed E-state index contributed by atoms with van der Waals surface area (Å²) in [5.74, 6) is 0. The summed E-state index contributed by atoms with van der Waals surface area (Å²) >= 11 is 0. The third-order valence-corrected chi connectivity index (χ3v) is 0.354. The minimum absolute atomic E-state index is 0. The van der Waals surface area contributed by atoms with Crippen molar-refractivity contribution in [3.63, 3.8) is 0 Å². The molecule has 0 aromatic heterocycles. The van der Waals surface area contributed by atoms with Gasteiger partial charge in [0.1, 0.15) is 0 Å². The molecular formula is C4H9Os. The minimum atomic E-state index is 0. The second-order valence-electron chi connectivity index (χ2n) is 0.854. The van der Waals surface area contributed by atoms with Crippen LogP contribution in [0.1, 0.15) is 19.8 Å². The van der Waals surface area contributed by atoms with Gasteiger partial charge in [-0.05, 0) is 0 Å². The van der Waals surface area contributed by atoms with Crippen molar-refractivity contribution >= 4 is 0 Å². The van der Waals surface area contributed by atoms with Gasteiger partial charge >= 0.3 is 19.8 Å². The number of rotatable bonds is 1. The number of unbranched alkanes of at least 4 members (excludes halogenated alkanes) is 1. The standard InChI is InChI=1S/C4H9.Os/c1-3-4-2;/h1,3-4H2,2H3;/q-1;+1. The molecule has 0 aromatic rings. The van der Waals surface area contributed by atoms with Crippen molar-refractivity contribution in [2.75, 3.05) is 0 Å². The Labute approximate surface area is 47.0 Å². The fourth-order valence-corrected chi connectivity index (χ4v) is 0. The summed E-state index contributed by atoms with van der Waals surface area (Å²) in [6.45, 7) is 5.72. The van der Waals surface area contributed by atoms with Crippen LogP contribution in [0.5, 0.6) is 0 Å². The fourth-order valence-electron chi connectivity index (χ4n) is 0. The van der Waals surface area contributed by atoms with Crippen molar-refractivity contribution < 1.29 is 19.8 Å². The summed E-state index contributed by atoms with van der Waals surface area (Å²) in [5, 5.41) is 0. The largest absolute Gasteiger partial charge is 1.00 e. The van der Waals surface area contributed by atoms with E-state index in [2.05, 4.69) is 13.8 Å². The monoisotopic (exact) mass is 249 g/mol. The molecule has 0 N–H and O–H groups in total. The maximum atomic E-state index is 3.60. The van der Waals surface area contributed by atoms with Crippen LogP contribution in [-0.4, -0.2) is 0 Å². The van der Waals surface area contributed by atoms with E-state index in [0.717, 1.165) is 6.42 Å². The first-order valence-electron chi connectivity index (χ1n) is 1.71. The molecule has 0 unspecified atom stereocenters. The summed E-state index contributed by atoms with van der Waals surface area (Å²) < 4.78 is 0. The molecule has 0 atom stereocenters. The van der Waals surface area contributed by atoms with Crippen molar-refractivity contribution in [1.82, 2.24) is 0 Å². The fraction of sp³-hybridized carbons (Fsp3) is 0.750. The van der Waals surface area contributed by atoms with E-state index in [9.17, 15) is 0 Å². The molecule has 0 nitrogen and oxygen atoms in total. The van der Waals surface area contributed by atoms with E-state index >= 15 is 0 Å². The molecular weight excluding hydrogens is 238 g/mol. The Bertz CT molecular complexity index is 5.61. The molecule has 0 rings (SSSR count). The first kappa shape index (κ1) is 9.16. The van der Waals surface area contributed by atoms with Gasteiger partial charge in [0.05, 0.1) is 0 Å². The summed E-state index contributed by atoms with van der Waals surface area (Å²) in [6, 6.07) is 0. The molecule has 0 amide bonds. The van der Waals surface area contributed by atoms with Gasteiger partial charge in [-0.3, -0.25) is 0 Å². The van der Waals surface area contributed by atoms with Crippen molar-refractivity contribution in [3.8, 4) is 0 Å². The van der Waals surface area contributed by atoms with E-state index in [4.69, 9.17) is 0 Å². The molecule has 0 spiro atoms. The van der Waals surface area contributed by atoms with E-state index in [0.29, 0.717) is 0 Å². The van der Waals surface area contributed by atoms with Crippen LogP contribution in [0.3, 0.4) is 0 Å². The normalized spacial score (nSPS) is 6.00. The molecule has 0 aliphatic carbocycles.